The van der Waals surface area contributed by atoms with Crippen molar-refractivity contribution in [3.05, 3.63) is 12.2 Å². The monoisotopic (exact) mass is 320 g/mol. The van der Waals surface area contributed by atoms with Crippen LogP contribution in [0, 0.1) is 0 Å². The highest BCUT2D eigenvalue weighted by atomic mass is 16.4. The molecule has 5 atom stereocenters. The summed E-state index contributed by atoms with van der Waals surface area (Å²) in [6.07, 6.45) is 2.89. The Bertz CT molecular complexity index is 284. The number of allylic oxidation sites excluding steroid dienone is 1. The Kier molecular flexibility index (Phi) is 12.7. The molecule has 0 aliphatic carbocycles. The van der Waals surface area contributed by atoms with Gasteiger partial charge in [-0.25, -0.2) is 0 Å². The molecule has 5 unspecified atom stereocenters. The first kappa shape index (κ1) is 21.5. The highest BCUT2D eigenvalue weighted by molar-refractivity contribution is 4.96. The van der Waals surface area contributed by atoms with Crippen molar-refractivity contribution in [1.29, 1.82) is 0 Å². The topological polar surface area (TPSA) is 121 Å². The SMILES string of the molecule is CCCCCCCCC=CC(O)C(O)C(O)C(O)C(O)CO. The summed E-state index contributed by atoms with van der Waals surface area (Å²) in [4.78, 5) is 0. The molecule has 6 N–H and O–H groups in total. The fourth-order valence-electron chi connectivity index (χ4n) is 2.13. The Balaban J connectivity index is 3.98. The Morgan fingerprint density at radius 1 is 0.773 bits per heavy atom. The molecule has 0 radical (unpaired) electrons. The van der Waals surface area contributed by atoms with Crippen molar-refractivity contribution in [2.24, 2.45) is 0 Å². The van der Waals surface area contributed by atoms with Gasteiger partial charge in [-0.05, 0) is 12.8 Å². The normalized spacial score (nSPS) is 19.0. The first-order valence-electron chi connectivity index (χ1n) is 8.13. The van der Waals surface area contributed by atoms with E-state index >= 15 is 0 Å². The van der Waals surface area contributed by atoms with Gasteiger partial charge in [-0.2, -0.15) is 0 Å². The largest absolute Gasteiger partial charge is 0.394 e. The Hall–Kier alpha value is -0.500. The summed E-state index contributed by atoms with van der Waals surface area (Å²) in [6.45, 7) is 1.43. The van der Waals surface area contributed by atoms with Crippen LogP contribution in [-0.2, 0) is 0 Å². The minimum absolute atomic E-state index is 0.741. The van der Waals surface area contributed by atoms with E-state index in [0.29, 0.717) is 0 Å². The van der Waals surface area contributed by atoms with Gasteiger partial charge >= 0.3 is 0 Å². The Morgan fingerprint density at radius 2 is 1.36 bits per heavy atom. The van der Waals surface area contributed by atoms with Crippen molar-refractivity contribution in [3.8, 4) is 0 Å². The molecule has 22 heavy (non-hydrogen) atoms. The van der Waals surface area contributed by atoms with Crippen molar-refractivity contribution < 1.29 is 30.6 Å². The van der Waals surface area contributed by atoms with Crippen LogP contribution in [0.1, 0.15) is 51.9 Å². The van der Waals surface area contributed by atoms with E-state index in [1.54, 1.807) is 6.08 Å². The second kappa shape index (κ2) is 13.0. The summed E-state index contributed by atoms with van der Waals surface area (Å²) < 4.78 is 0. The lowest BCUT2D eigenvalue weighted by Crippen LogP contribution is -2.49. The minimum Gasteiger partial charge on any atom is -0.394 e. The van der Waals surface area contributed by atoms with E-state index in [1.165, 1.54) is 31.8 Å². The Labute approximate surface area is 132 Å². The maximum absolute atomic E-state index is 9.71. The molecule has 0 aromatic rings. The molecule has 0 aromatic heterocycles. The standard InChI is InChI=1S/C16H32O6/c1-2-3-4-5-6-7-8-9-10-12(18)14(20)16(22)15(21)13(19)11-17/h9-10,12-22H,2-8,11H2,1H3. The quantitative estimate of drug-likeness (QED) is 0.211. The van der Waals surface area contributed by atoms with Crippen LogP contribution in [0.5, 0.6) is 0 Å². The fraction of sp³-hybridized carbons (Fsp3) is 0.875. The van der Waals surface area contributed by atoms with Crippen molar-refractivity contribution in [2.45, 2.75) is 82.4 Å². The number of aliphatic hydroxyl groups excluding tert-OH is 6. The van der Waals surface area contributed by atoms with Gasteiger partial charge < -0.3 is 30.6 Å². The number of hydrogen-bond donors (Lipinski definition) is 6. The van der Waals surface area contributed by atoms with Crippen LogP contribution in [0.3, 0.4) is 0 Å². The zero-order valence-corrected chi connectivity index (χ0v) is 13.4. The van der Waals surface area contributed by atoms with Crippen molar-refractivity contribution >= 4 is 0 Å². The second-order valence-corrected chi connectivity index (χ2v) is 5.70. The van der Waals surface area contributed by atoms with E-state index in [0.717, 1.165) is 19.3 Å². The lowest BCUT2D eigenvalue weighted by molar-refractivity contribution is -0.133. The van der Waals surface area contributed by atoms with Crippen molar-refractivity contribution in [3.63, 3.8) is 0 Å². The molecule has 0 amide bonds. The molecule has 0 aromatic carbocycles. The molecule has 0 saturated carbocycles. The maximum atomic E-state index is 9.71. The summed E-state index contributed by atoms with van der Waals surface area (Å²) in [5.41, 5.74) is 0. The lowest BCUT2D eigenvalue weighted by Gasteiger charge is -2.27. The molecular formula is C16H32O6. The van der Waals surface area contributed by atoms with Gasteiger partial charge in [-0.3, -0.25) is 0 Å². The van der Waals surface area contributed by atoms with Crippen molar-refractivity contribution in [2.75, 3.05) is 6.61 Å². The van der Waals surface area contributed by atoms with Gasteiger partial charge in [0.05, 0.1) is 6.61 Å². The van der Waals surface area contributed by atoms with Crippen LogP contribution in [0.4, 0.5) is 0 Å². The van der Waals surface area contributed by atoms with Gasteiger partial charge in [0.1, 0.15) is 30.5 Å². The molecule has 0 aliphatic rings. The predicted octanol–water partition coefficient (Wildman–Crippen LogP) is 0.0900. The molecule has 6 heteroatoms. The summed E-state index contributed by atoms with van der Waals surface area (Å²) in [7, 11) is 0. The molecule has 0 heterocycles. The van der Waals surface area contributed by atoms with E-state index < -0.39 is 37.1 Å². The zero-order chi connectivity index (χ0) is 17.0. The average Bonchev–Trinajstić information content (AvgIpc) is 2.54. The Morgan fingerprint density at radius 3 is 1.95 bits per heavy atom. The minimum atomic E-state index is -1.74. The van der Waals surface area contributed by atoms with Crippen LogP contribution in [0.2, 0.25) is 0 Å². The predicted molar refractivity (Wildman–Crippen MR) is 84.3 cm³/mol. The van der Waals surface area contributed by atoms with Crippen LogP contribution < -0.4 is 0 Å². The van der Waals surface area contributed by atoms with Gasteiger partial charge in [0.25, 0.3) is 0 Å². The fourth-order valence-corrected chi connectivity index (χ4v) is 2.13. The van der Waals surface area contributed by atoms with Gasteiger partial charge in [-0.1, -0.05) is 51.2 Å². The van der Waals surface area contributed by atoms with E-state index in [2.05, 4.69) is 6.92 Å². The maximum Gasteiger partial charge on any atom is 0.112 e. The summed E-state index contributed by atoms with van der Waals surface area (Å²) >= 11 is 0. The molecule has 0 spiro atoms. The van der Waals surface area contributed by atoms with E-state index in [4.69, 9.17) is 5.11 Å². The van der Waals surface area contributed by atoms with E-state index in [1.807, 2.05) is 0 Å². The third-order valence-corrected chi connectivity index (χ3v) is 3.69. The number of rotatable bonds is 13. The smallest absolute Gasteiger partial charge is 0.112 e. The molecule has 132 valence electrons. The number of hydrogen-bond acceptors (Lipinski definition) is 6. The average molecular weight is 320 g/mol. The summed E-state index contributed by atoms with van der Waals surface area (Å²) in [5.74, 6) is 0. The molecule has 6 nitrogen and oxygen atoms in total. The molecule has 0 rings (SSSR count). The van der Waals surface area contributed by atoms with Gasteiger partial charge in [0.15, 0.2) is 0 Å². The molecule has 0 saturated heterocycles. The second-order valence-electron chi connectivity index (χ2n) is 5.70. The van der Waals surface area contributed by atoms with Crippen LogP contribution in [0.15, 0.2) is 12.2 Å². The van der Waals surface area contributed by atoms with Crippen LogP contribution in [0.25, 0.3) is 0 Å². The highest BCUT2D eigenvalue weighted by Gasteiger charge is 2.32. The zero-order valence-electron chi connectivity index (χ0n) is 13.4. The summed E-state index contributed by atoms with van der Waals surface area (Å²) in [6, 6.07) is 0. The van der Waals surface area contributed by atoms with Gasteiger partial charge in [-0.15, -0.1) is 0 Å². The molecule has 0 bridgehead atoms. The van der Waals surface area contributed by atoms with Crippen LogP contribution in [-0.4, -0.2) is 67.8 Å². The number of unbranched alkanes of at least 4 members (excludes halogenated alkanes) is 6. The van der Waals surface area contributed by atoms with E-state index in [9.17, 15) is 25.5 Å². The van der Waals surface area contributed by atoms with Gasteiger partial charge in [0.2, 0.25) is 0 Å². The first-order chi connectivity index (χ1) is 10.5. The van der Waals surface area contributed by atoms with E-state index in [-0.39, 0.29) is 0 Å². The molecule has 0 fully saturated rings. The van der Waals surface area contributed by atoms with Crippen LogP contribution >= 0.6 is 0 Å². The van der Waals surface area contributed by atoms with Crippen molar-refractivity contribution in [1.82, 2.24) is 0 Å². The number of aliphatic hydroxyl groups is 6. The van der Waals surface area contributed by atoms with Gasteiger partial charge in [0, 0.05) is 0 Å². The molecular weight excluding hydrogens is 288 g/mol. The lowest BCUT2D eigenvalue weighted by atomic mass is 9.99. The highest BCUT2D eigenvalue weighted by Crippen LogP contribution is 2.11. The third kappa shape index (κ3) is 8.82. The first-order valence-corrected chi connectivity index (χ1v) is 8.13. The third-order valence-electron chi connectivity index (χ3n) is 3.69. The summed E-state index contributed by atoms with van der Waals surface area (Å²) in [5, 5.41) is 56.4. The molecule has 0 aliphatic heterocycles.